The number of carbonyl (C=O) groups excluding carboxylic acids is 1. The number of aromatic nitrogens is 2. The number of carbonyl (C=O) groups is 1. The van der Waals surface area contributed by atoms with Crippen molar-refractivity contribution >= 4 is 11.7 Å². The summed E-state index contributed by atoms with van der Waals surface area (Å²) in [7, 11) is 0. The molecule has 1 unspecified atom stereocenters. The van der Waals surface area contributed by atoms with Crippen LogP contribution in [0.3, 0.4) is 0 Å². The van der Waals surface area contributed by atoms with Crippen LogP contribution in [0, 0.1) is 0 Å². The van der Waals surface area contributed by atoms with E-state index in [4.69, 9.17) is 0 Å². The minimum Gasteiger partial charge on any atom is -0.294 e. The van der Waals surface area contributed by atoms with Gasteiger partial charge in [-0.25, -0.2) is 9.97 Å². The first-order valence-corrected chi connectivity index (χ1v) is 7.26. The lowest BCUT2D eigenvalue weighted by atomic mass is 10.1. The minimum absolute atomic E-state index is 0.164. The predicted molar refractivity (Wildman–Crippen MR) is 78.2 cm³/mol. The number of rotatable bonds is 7. The van der Waals surface area contributed by atoms with Crippen molar-refractivity contribution in [2.45, 2.75) is 65.8 Å². The van der Waals surface area contributed by atoms with E-state index in [1.165, 1.54) is 6.33 Å². The van der Waals surface area contributed by atoms with Crippen LogP contribution in [0.25, 0.3) is 0 Å². The molecule has 0 saturated carbocycles. The first-order chi connectivity index (χ1) is 9.15. The molecule has 0 aromatic carbocycles. The summed E-state index contributed by atoms with van der Waals surface area (Å²) in [6.45, 7) is 8.33. The molecular weight excluding hydrogens is 238 g/mol. The molecule has 4 heteroatoms. The first-order valence-electron chi connectivity index (χ1n) is 7.26. The molecule has 0 aliphatic rings. The molecule has 1 heterocycles. The Hall–Kier alpha value is -1.45. The van der Waals surface area contributed by atoms with E-state index in [0.717, 1.165) is 37.1 Å². The largest absolute Gasteiger partial charge is 0.294 e. The Morgan fingerprint density at radius 2 is 2.05 bits per heavy atom. The Bertz CT molecular complexity index is 406. The van der Waals surface area contributed by atoms with Gasteiger partial charge in [-0.2, -0.15) is 0 Å². The van der Waals surface area contributed by atoms with E-state index in [2.05, 4.69) is 30.7 Å². The smallest absolute Gasteiger partial charge is 0.228 e. The van der Waals surface area contributed by atoms with Crippen LogP contribution in [0.15, 0.2) is 12.5 Å². The van der Waals surface area contributed by atoms with Gasteiger partial charge in [0.15, 0.2) is 0 Å². The Kier molecular flexibility index (Phi) is 6.46. The van der Waals surface area contributed by atoms with Gasteiger partial charge >= 0.3 is 0 Å². The molecule has 1 amide bonds. The molecule has 0 aliphatic carbocycles. The highest BCUT2D eigenvalue weighted by Crippen LogP contribution is 2.22. The molecule has 1 aromatic rings. The van der Waals surface area contributed by atoms with Crippen LogP contribution in [-0.4, -0.2) is 21.9 Å². The molecule has 0 bridgehead atoms. The molecule has 0 spiro atoms. The van der Waals surface area contributed by atoms with Crippen LogP contribution in [0.1, 0.15) is 58.9 Å². The molecule has 1 rings (SSSR count). The van der Waals surface area contributed by atoms with Gasteiger partial charge in [0.2, 0.25) is 5.91 Å². The third kappa shape index (κ3) is 4.01. The van der Waals surface area contributed by atoms with Gasteiger partial charge in [0, 0.05) is 24.2 Å². The van der Waals surface area contributed by atoms with Gasteiger partial charge in [-0.1, -0.05) is 27.2 Å². The Morgan fingerprint density at radius 1 is 1.32 bits per heavy atom. The monoisotopic (exact) mass is 263 g/mol. The van der Waals surface area contributed by atoms with E-state index >= 15 is 0 Å². The van der Waals surface area contributed by atoms with Crippen molar-refractivity contribution in [3.05, 3.63) is 18.1 Å². The highest BCUT2D eigenvalue weighted by Gasteiger charge is 2.23. The molecule has 19 heavy (non-hydrogen) atoms. The zero-order chi connectivity index (χ0) is 14.3. The quantitative estimate of drug-likeness (QED) is 0.757. The van der Waals surface area contributed by atoms with Crippen LogP contribution in [-0.2, 0) is 11.2 Å². The maximum Gasteiger partial charge on any atom is 0.228 e. The third-order valence-electron chi connectivity index (χ3n) is 3.25. The van der Waals surface area contributed by atoms with Crippen molar-refractivity contribution in [1.82, 2.24) is 9.97 Å². The van der Waals surface area contributed by atoms with Gasteiger partial charge in [-0.15, -0.1) is 0 Å². The summed E-state index contributed by atoms with van der Waals surface area (Å²) in [5.41, 5.74) is 1.04. The van der Waals surface area contributed by atoms with E-state index in [1.54, 1.807) is 0 Å². The van der Waals surface area contributed by atoms with Gasteiger partial charge in [-0.3, -0.25) is 9.69 Å². The molecule has 4 nitrogen and oxygen atoms in total. The highest BCUT2D eigenvalue weighted by atomic mass is 16.2. The van der Waals surface area contributed by atoms with Crippen molar-refractivity contribution in [1.29, 1.82) is 0 Å². The van der Waals surface area contributed by atoms with Gasteiger partial charge in [0.05, 0.1) is 0 Å². The number of anilines is 1. The van der Waals surface area contributed by atoms with Crippen molar-refractivity contribution in [2.24, 2.45) is 0 Å². The fraction of sp³-hybridized carbons (Fsp3) is 0.667. The van der Waals surface area contributed by atoms with Crippen LogP contribution in [0.5, 0.6) is 0 Å². The van der Waals surface area contributed by atoms with Crippen molar-refractivity contribution < 1.29 is 4.79 Å². The average Bonchev–Trinajstić information content (AvgIpc) is 2.40. The van der Waals surface area contributed by atoms with E-state index < -0.39 is 0 Å². The van der Waals surface area contributed by atoms with Crippen LogP contribution < -0.4 is 4.90 Å². The molecule has 0 N–H and O–H groups in total. The lowest BCUT2D eigenvalue weighted by molar-refractivity contribution is -0.119. The fourth-order valence-electron chi connectivity index (χ4n) is 2.27. The SMILES string of the molecule is CCCC(=O)N(c1ncncc1CC)C(C)CCC. The zero-order valence-electron chi connectivity index (χ0n) is 12.5. The molecule has 0 aliphatic heterocycles. The fourth-order valence-corrected chi connectivity index (χ4v) is 2.27. The Labute approximate surface area is 116 Å². The van der Waals surface area contributed by atoms with Crippen LogP contribution >= 0.6 is 0 Å². The van der Waals surface area contributed by atoms with Crippen LogP contribution in [0.4, 0.5) is 5.82 Å². The van der Waals surface area contributed by atoms with Gasteiger partial charge < -0.3 is 0 Å². The van der Waals surface area contributed by atoms with Crippen molar-refractivity contribution in [3.8, 4) is 0 Å². The van der Waals surface area contributed by atoms with Crippen molar-refractivity contribution in [3.63, 3.8) is 0 Å². The topological polar surface area (TPSA) is 46.1 Å². The van der Waals surface area contributed by atoms with Crippen LogP contribution in [0.2, 0.25) is 0 Å². The van der Waals surface area contributed by atoms with E-state index in [1.807, 2.05) is 18.0 Å². The molecule has 0 fully saturated rings. The number of hydrogen-bond donors (Lipinski definition) is 0. The second-order valence-corrected chi connectivity index (χ2v) is 4.88. The van der Waals surface area contributed by atoms with Crippen molar-refractivity contribution in [2.75, 3.05) is 4.90 Å². The number of nitrogens with zero attached hydrogens (tertiary/aromatic N) is 3. The number of amides is 1. The zero-order valence-corrected chi connectivity index (χ0v) is 12.5. The maximum atomic E-state index is 12.4. The standard InChI is InChI=1S/C15H25N3O/c1-5-8-12(4)18(14(19)9-6-2)15-13(7-3)10-16-11-17-15/h10-12H,5-9H2,1-4H3. The Morgan fingerprint density at radius 3 is 2.63 bits per heavy atom. The molecule has 1 atom stereocenters. The van der Waals surface area contributed by atoms with E-state index in [0.29, 0.717) is 6.42 Å². The van der Waals surface area contributed by atoms with Gasteiger partial charge in [0.25, 0.3) is 0 Å². The molecule has 0 saturated heterocycles. The summed E-state index contributed by atoms with van der Waals surface area (Å²) in [6.07, 6.45) is 7.66. The van der Waals surface area contributed by atoms with E-state index in [9.17, 15) is 4.79 Å². The normalized spacial score (nSPS) is 12.2. The summed E-state index contributed by atoms with van der Waals surface area (Å²) in [5, 5.41) is 0. The minimum atomic E-state index is 0.164. The lowest BCUT2D eigenvalue weighted by Crippen LogP contribution is -2.39. The molecule has 0 radical (unpaired) electrons. The summed E-state index contributed by atoms with van der Waals surface area (Å²) < 4.78 is 0. The summed E-state index contributed by atoms with van der Waals surface area (Å²) in [5.74, 6) is 0.953. The molecule has 106 valence electrons. The number of aryl methyl sites for hydroxylation is 1. The predicted octanol–water partition coefficient (Wildman–Crippen LogP) is 3.36. The van der Waals surface area contributed by atoms with Gasteiger partial charge in [-0.05, 0) is 26.2 Å². The summed E-state index contributed by atoms with van der Waals surface area (Å²) >= 11 is 0. The maximum absolute atomic E-state index is 12.4. The summed E-state index contributed by atoms with van der Waals surface area (Å²) in [6, 6.07) is 0.184. The average molecular weight is 263 g/mol. The molecular formula is C15H25N3O. The second-order valence-electron chi connectivity index (χ2n) is 4.88. The van der Waals surface area contributed by atoms with Gasteiger partial charge in [0.1, 0.15) is 12.1 Å². The third-order valence-corrected chi connectivity index (χ3v) is 3.25. The Balaban J connectivity index is 3.10. The highest BCUT2D eigenvalue weighted by molar-refractivity contribution is 5.93. The van der Waals surface area contributed by atoms with E-state index in [-0.39, 0.29) is 11.9 Å². The lowest BCUT2D eigenvalue weighted by Gasteiger charge is -2.29. The number of hydrogen-bond acceptors (Lipinski definition) is 3. The summed E-state index contributed by atoms with van der Waals surface area (Å²) in [4.78, 5) is 22.7. The molecule has 1 aromatic heterocycles. The second kappa shape index (κ2) is 7.87. The first kappa shape index (κ1) is 15.6.